The van der Waals surface area contributed by atoms with Crippen molar-refractivity contribution < 1.29 is 23.9 Å². The summed E-state index contributed by atoms with van der Waals surface area (Å²) in [5, 5.41) is 11.0. The van der Waals surface area contributed by atoms with Crippen LogP contribution in [0.15, 0.2) is 81.9 Å². The third-order valence-electron chi connectivity index (χ3n) is 4.81. The molecule has 1 aliphatic heterocycles. The van der Waals surface area contributed by atoms with Crippen LogP contribution in [0.2, 0.25) is 0 Å². The second-order valence-corrected chi connectivity index (χ2v) is 8.03. The van der Waals surface area contributed by atoms with Gasteiger partial charge in [0, 0.05) is 16.6 Å². The summed E-state index contributed by atoms with van der Waals surface area (Å²) in [5.41, 5.74) is 2.18. The minimum atomic E-state index is -0.547. The van der Waals surface area contributed by atoms with Gasteiger partial charge in [0.05, 0.1) is 17.1 Å². The Kier molecular flexibility index (Phi) is 7.03. The first-order chi connectivity index (χ1) is 16.4. The van der Waals surface area contributed by atoms with Crippen LogP contribution in [0.25, 0.3) is 6.08 Å². The fourth-order valence-electron chi connectivity index (χ4n) is 3.24. The molecule has 0 unspecified atom stereocenters. The molecule has 0 aliphatic carbocycles. The van der Waals surface area contributed by atoms with E-state index in [0.29, 0.717) is 34.8 Å². The van der Waals surface area contributed by atoms with E-state index in [2.05, 4.69) is 20.9 Å². The average Bonchev–Trinajstić information content (AvgIpc) is 3.19. The number of carbonyl (C=O) groups is 1. The molecule has 0 spiro atoms. The largest absolute Gasteiger partial charge is 0.490 e. The maximum Gasteiger partial charge on any atom is 0.363 e. The molecule has 0 saturated carbocycles. The highest BCUT2D eigenvalue weighted by Crippen LogP contribution is 2.31. The summed E-state index contributed by atoms with van der Waals surface area (Å²) in [6.07, 6.45) is 1.61. The lowest BCUT2D eigenvalue weighted by Gasteiger charge is -2.13. The normalized spacial score (nSPS) is 14.0. The molecule has 34 heavy (non-hydrogen) atoms. The van der Waals surface area contributed by atoms with Gasteiger partial charge in [-0.3, -0.25) is 10.1 Å². The van der Waals surface area contributed by atoms with Gasteiger partial charge < -0.3 is 14.2 Å². The van der Waals surface area contributed by atoms with Gasteiger partial charge >= 0.3 is 5.97 Å². The van der Waals surface area contributed by atoms with Crippen LogP contribution in [0.1, 0.15) is 23.6 Å². The summed E-state index contributed by atoms with van der Waals surface area (Å²) in [7, 11) is 0. The van der Waals surface area contributed by atoms with Gasteiger partial charge in [-0.1, -0.05) is 30.3 Å². The Bertz CT molecular complexity index is 1320. The molecule has 0 radical (unpaired) electrons. The summed E-state index contributed by atoms with van der Waals surface area (Å²) < 4.78 is 17.7. The minimum absolute atomic E-state index is 0.000916. The molecule has 0 saturated heterocycles. The lowest BCUT2D eigenvalue weighted by atomic mass is 10.1. The van der Waals surface area contributed by atoms with E-state index in [1.54, 1.807) is 42.5 Å². The van der Waals surface area contributed by atoms with Crippen molar-refractivity contribution in [2.75, 3.05) is 6.61 Å². The summed E-state index contributed by atoms with van der Waals surface area (Å²) in [5.74, 6) is 0.630. The molecule has 9 heteroatoms. The lowest BCUT2D eigenvalue weighted by molar-refractivity contribution is -0.384. The number of aliphatic imine (C=N–C) groups is 1. The van der Waals surface area contributed by atoms with Crippen LogP contribution in [0.5, 0.6) is 11.5 Å². The van der Waals surface area contributed by atoms with Crippen molar-refractivity contribution in [3.05, 3.63) is 104 Å². The Morgan fingerprint density at radius 2 is 1.88 bits per heavy atom. The summed E-state index contributed by atoms with van der Waals surface area (Å²) in [6.45, 7) is 2.38. The number of nitro benzene ring substituents is 1. The molecule has 4 rings (SSSR count). The van der Waals surface area contributed by atoms with Gasteiger partial charge in [0.25, 0.3) is 5.69 Å². The van der Waals surface area contributed by atoms with Gasteiger partial charge in [0.15, 0.2) is 17.2 Å². The molecule has 3 aromatic rings. The lowest BCUT2D eigenvalue weighted by Crippen LogP contribution is -2.05. The molecule has 0 amide bonds. The maximum absolute atomic E-state index is 12.4. The van der Waals surface area contributed by atoms with Crippen LogP contribution >= 0.6 is 15.9 Å². The molecule has 0 aromatic heterocycles. The van der Waals surface area contributed by atoms with Crippen LogP contribution in [0.4, 0.5) is 5.69 Å². The molecule has 0 N–H and O–H groups in total. The van der Waals surface area contributed by atoms with E-state index in [4.69, 9.17) is 14.2 Å². The Balaban J connectivity index is 1.56. The zero-order valence-corrected chi connectivity index (χ0v) is 19.7. The smallest absolute Gasteiger partial charge is 0.363 e. The quantitative estimate of drug-likeness (QED) is 0.163. The van der Waals surface area contributed by atoms with Crippen molar-refractivity contribution in [2.45, 2.75) is 13.5 Å². The first-order valence-electron chi connectivity index (χ1n) is 10.3. The molecular formula is C25H19BrN2O6. The Morgan fingerprint density at radius 3 is 2.65 bits per heavy atom. The topological polar surface area (TPSA) is 100 Å². The molecule has 172 valence electrons. The van der Waals surface area contributed by atoms with Gasteiger partial charge in [0.1, 0.15) is 6.61 Å². The molecule has 0 atom stereocenters. The molecule has 0 fully saturated rings. The highest BCUT2D eigenvalue weighted by molar-refractivity contribution is 9.10. The van der Waals surface area contributed by atoms with Crippen molar-refractivity contribution in [1.82, 2.24) is 0 Å². The van der Waals surface area contributed by atoms with Crippen LogP contribution in [0.3, 0.4) is 0 Å². The number of non-ortho nitro benzene ring substituents is 1. The van der Waals surface area contributed by atoms with Gasteiger partial charge in [-0.15, -0.1) is 0 Å². The maximum atomic E-state index is 12.4. The number of hydrogen-bond acceptors (Lipinski definition) is 7. The first-order valence-corrected chi connectivity index (χ1v) is 11.1. The van der Waals surface area contributed by atoms with Crippen LogP contribution in [-0.2, 0) is 16.1 Å². The number of nitro groups is 1. The van der Waals surface area contributed by atoms with E-state index < -0.39 is 10.9 Å². The number of carbonyl (C=O) groups excluding carboxylic acids is 1. The second kappa shape index (κ2) is 10.3. The number of benzene rings is 3. The van der Waals surface area contributed by atoms with E-state index in [-0.39, 0.29) is 23.9 Å². The third-order valence-corrected chi connectivity index (χ3v) is 5.50. The van der Waals surface area contributed by atoms with Crippen molar-refractivity contribution in [3.8, 4) is 11.5 Å². The molecular weight excluding hydrogens is 504 g/mol. The minimum Gasteiger partial charge on any atom is -0.490 e. The number of esters is 1. The molecule has 3 aromatic carbocycles. The molecule has 1 heterocycles. The van der Waals surface area contributed by atoms with Crippen LogP contribution < -0.4 is 9.47 Å². The summed E-state index contributed by atoms with van der Waals surface area (Å²) >= 11 is 3.43. The van der Waals surface area contributed by atoms with Crippen molar-refractivity contribution >= 4 is 39.6 Å². The summed E-state index contributed by atoms with van der Waals surface area (Å²) in [6, 6.07) is 18.8. The fraction of sp³-hybridized carbons (Fsp3) is 0.120. The van der Waals surface area contributed by atoms with Gasteiger partial charge in [-0.25, -0.2) is 9.79 Å². The second-order valence-electron chi connectivity index (χ2n) is 7.17. The monoisotopic (exact) mass is 522 g/mol. The standard InChI is InChI=1S/C25H19BrN2O6/c1-2-32-23-14-16(10-11-22(23)33-15-17-6-5-7-18(12-17)28(30)31)13-21-25(29)34-24(27-21)19-8-3-4-9-20(19)26/h3-14H,2,15H2,1H3/b21-13-. The van der Waals surface area contributed by atoms with Crippen LogP contribution in [-0.4, -0.2) is 23.4 Å². The Morgan fingerprint density at radius 1 is 1.06 bits per heavy atom. The van der Waals surface area contributed by atoms with Crippen molar-refractivity contribution in [1.29, 1.82) is 0 Å². The van der Waals surface area contributed by atoms with E-state index in [0.717, 1.165) is 4.47 Å². The fourth-order valence-corrected chi connectivity index (χ4v) is 3.69. The predicted molar refractivity (Wildman–Crippen MR) is 130 cm³/mol. The first kappa shape index (κ1) is 23.2. The van der Waals surface area contributed by atoms with E-state index in [1.165, 1.54) is 12.1 Å². The SMILES string of the molecule is CCOc1cc(/C=C2\N=C(c3ccccc3Br)OC2=O)ccc1OCc1cccc([N+](=O)[O-])c1. The Labute approximate surface area is 203 Å². The summed E-state index contributed by atoms with van der Waals surface area (Å²) in [4.78, 5) is 27.2. The van der Waals surface area contributed by atoms with Gasteiger partial charge in [-0.05, 0) is 64.3 Å². The van der Waals surface area contributed by atoms with E-state index >= 15 is 0 Å². The van der Waals surface area contributed by atoms with Crippen LogP contribution in [0, 0.1) is 10.1 Å². The third kappa shape index (κ3) is 5.32. The van der Waals surface area contributed by atoms with E-state index in [1.807, 2.05) is 25.1 Å². The van der Waals surface area contributed by atoms with Gasteiger partial charge in [0.2, 0.25) is 5.90 Å². The molecule has 1 aliphatic rings. The average molecular weight is 523 g/mol. The van der Waals surface area contributed by atoms with E-state index in [9.17, 15) is 14.9 Å². The Hall–Kier alpha value is -3.98. The number of rotatable bonds is 8. The highest BCUT2D eigenvalue weighted by Gasteiger charge is 2.25. The predicted octanol–water partition coefficient (Wildman–Crippen LogP) is 5.68. The number of nitrogens with zero attached hydrogens (tertiary/aromatic N) is 2. The molecule has 8 nitrogen and oxygen atoms in total. The zero-order chi connectivity index (χ0) is 24.1. The van der Waals surface area contributed by atoms with Gasteiger partial charge in [-0.2, -0.15) is 0 Å². The number of ether oxygens (including phenoxy) is 3. The number of halogens is 1. The highest BCUT2D eigenvalue weighted by atomic mass is 79.9. The molecule has 0 bridgehead atoms. The zero-order valence-electron chi connectivity index (χ0n) is 18.1. The number of cyclic esters (lactones) is 1. The van der Waals surface area contributed by atoms with Crippen molar-refractivity contribution in [3.63, 3.8) is 0 Å². The van der Waals surface area contributed by atoms with Crippen molar-refractivity contribution in [2.24, 2.45) is 4.99 Å². The number of hydrogen-bond donors (Lipinski definition) is 0.